The number of nitrogens with zero attached hydrogens (tertiary/aromatic N) is 2. The van der Waals surface area contributed by atoms with Gasteiger partial charge in [0.1, 0.15) is 5.01 Å². The van der Waals surface area contributed by atoms with E-state index in [-0.39, 0.29) is 11.8 Å². The van der Waals surface area contributed by atoms with E-state index < -0.39 is 0 Å². The van der Waals surface area contributed by atoms with Crippen molar-refractivity contribution in [2.45, 2.75) is 37.6 Å². The zero-order chi connectivity index (χ0) is 21.3. The van der Waals surface area contributed by atoms with E-state index in [2.05, 4.69) is 20.8 Å². The Labute approximate surface area is 184 Å². The van der Waals surface area contributed by atoms with E-state index in [0.29, 0.717) is 30.8 Å². The maximum atomic E-state index is 12.3. The van der Waals surface area contributed by atoms with E-state index in [0.717, 1.165) is 21.8 Å². The lowest BCUT2D eigenvalue weighted by atomic mass is 10.2. The Hall–Kier alpha value is -2.71. The molecule has 3 aromatic rings. The van der Waals surface area contributed by atoms with Gasteiger partial charge in [0.15, 0.2) is 0 Å². The number of hydrogen-bond donors (Lipinski definition) is 2. The number of aromatic nitrogens is 2. The summed E-state index contributed by atoms with van der Waals surface area (Å²) in [4.78, 5) is 25.5. The summed E-state index contributed by atoms with van der Waals surface area (Å²) in [6.45, 7) is 2.52. The molecule has 1 aromatic heterocycles. The molecule has 2 amide bonds. The number of anilines is 1. The minimum Gasteiger partial charge on any atom is -0.352 e. The molecule has 0 aliphatic heterocycles. The standard InChI is InChI=1S/C22H24N4O2S2/c1-15-6-10-17(11-7-15)24-21(28)22-26-25-20(30-22)5-3-4-19(27)23-14-16-8-12-18(29-2)13-9-16/h6-13H,3-5,14H2,1-2H3,(H,23,27)(H,24,28). The minimum atomic E-state index is -0.271. The maximum absolute atomic E-state index is 12.3. The smallest absolute Gasteiger partial charge is 0.286 e. The lowest BCUT2D eigenvalue weighted by molar-refractivity contribution is -0.121. The average molecular weight is 441 g/mol. The quantitative estimate of drug-likeness (QED) is 0.480. The van der Waals surface area contributed by atoms with Gasteiger partial charge < -0.3 is 10.6 Å². The van der Waals surface area contributed by atoms with Crippen LogP contribution in [0.25, 0.3) is 0 Å². The van der Waals surface area contributed by atoms with E-state index in [1.54, 1.807) is 11.8 Å². The fourth-order valence-electron chi connectivity index (χ4n) is 2.70. The molecule has 0 radical (unpaired) electrons. The van der Waals surface area contributed by atoms with E-state index in [4.69, 9.17) is 0 Å². The van der Waals surface area contributed by atoms with Crippen LogP contribution in [0, 0.1) is 6.92 Å². The van der Waals surface area contributed by atoms with Crippen molar-refractivity contribution in [3.05, 3.63) is 69.7 Å². The van der Waals surface area contributed by atoms with Gasteiger partial charge in [-0.15, -0.1) is 22.0 Å². The molecule has 6 nitrogen and oxygen atoms in total. The molecule has 0 aliphatic carbocycles. The van der Waals surface area contributed by atoms with Gasteiger partial charge in [0.05, 0.1) is 0 Å². The summed E-state index contributed by atoms with van der Waals surface area (Å²) in [7, 11) is 0. The number of rotatable bonds is 9. The maximum Gasteiger partial charge on any atom is 0.286 e. The molecule has 1 heterocycles. The van der Waals surface area contributed by atoms with Crippen molar-refractivity contribution in [1.29, 1.82) is 0 Å². The van der Waals surface area contributed by atoms with Gasteiger partial charge in [0.25, 0.3) is 5.91 Å². The monoisotopic (exact) mass is 440 g/mol. The first kappa shape index (κ1) is 22.0. The van der Waals surface area contributed by atoms with Gasteiger partial charge in [-0.3, -0.25) is 9.59 Å². The van der Waals surface area contributed by atoms with Gasteiger partial charge in [0, 0.05) is 30.0 Å². The van der Waals surface area contributed by atoms with Crippen LogP contribution in [0.5, 0.6) is 0 Å². The molecule has 0 atom stereocenters. The van der Waals surface area contributed by atoms with Crippen LogP contribution in [0.15, 0.2) is 53.4 Å². The van der Waals surface area contributed by atoms with Crippen LogP contribution in [-0.4, -0.2) is 28.3 Å². The number of nitrogens with one attached hydrogen (secondary N) is 2. The highest BCUT2D eigenvalue weighted by Crippen LogP contribution is 2.16. The summed E-state index contributed by atoms with van der Waals surface area (Å²) in [6, 6.07) is 15.7. The molecule has 30 heavy (non-hydrogen) atoms. The Bertz CT molecular complexity index is 985. The lowest BCUT2D eigenvalue weighted by Crippen LogP contribution is -2.22. The normalized spacial score (nSPS) is 10.6. The molecule has 0 saturated carbocycles. The number of amides is 2. The molecule has 0 aliphatic rings. The molecule has 3 rings (SSSR count). The van der Waals surface area contributed by atoms with Crippen molar-refractivity contribution in [3.8, 4) is 0 Å². The van der Waals surface area contributed by atoms with Crippen LogP contribution in [-0.2, 0) is 17.8 Å². The SMILES string of the molecule is CSc1ccc(CNC(=O)CCCc2nnc(C(=O)Nc3ccc(C)cc3)s2)cc1. The van der Waals surface area contributed by atoms with Crippen molar-refractivity contribution >= 4 is 40.6 Å². The highest BCUT2D eigenvalue weighted by atomic mass is 32.2. The van der Waals surface area contributed by atoms with Gasteiger partial charge in [-0.25, -0.2) is 0 Å². The van der Waals surface area contributed by atoms with E-state index >= 15 is 0 Å². The van der Waals surface area contributed by atoms with Gasteiger partial charge in [-0.1, -0.05) is 41.2 Å². The predicted molar refractivity (Wildman–Crippen MR) is 122 cm³/mol. The second-order valence-corrected chi connectivity index (χ2v) is 8.74. The summed E-state index contributed by atoms with van der Waals surface area (Å²) in [5, 5.41) is 14.9. The molecular formula is C22H24N4O2S2. The molecule has 8 heteroatoms. The summed E-state index contributed by atoms with van der Waals surface area (Å²) in [6.07, 6.45) is 3.72. The molecule has 0 saturated heterocycles. The summed E-state index contributed by atoms with van der Waals surface area (Å²) >= 11 is 2.95. The number of thioether (sulfide) groups is 1. The van der Waals surface area contributed by atoms with Crippen molar-refractivity contribution < 1.29 is 9.59 Å². The topological polar surface area (TPSA) is 84.0 Å². The highest BCUT2D eigenvalue weighted by molar-refractivity contribution is 7.98. The number of hydrogen-bond acceptors (Lipinski definition) is 6. The minimum absolute atomic E-state index is 0.00537. The first-order valence-electron chi connectivity index (χ1n) is 9.63. The van der Waals surface area contributed by atoms with Gasteiger partial charge in [-0.05, 0) is 49.4 Å². The zero-order valence-corrected chi connectivity index (χ0v) is 18.6. The van der Waals surface area contributed by atoms with Gasteiger partial charge >= 0.3 is 0 Å². The first-order valence-corrected chi connectivity index (χ1v) is 11.7. The fourth-order valence-corrected chi connectivity index (χ4v) is 3.89. The summed E-state index contributed by atoms with van der Waals surface area (Å²) in [5.74, 6) is -0.265. The van der Waals surface area contributed by atoms with Gasteiger partial charge in [0.2, 0.25) is 10.9 Å². The van der Waals surface area contributed by atoms with Crippen molar-refractivity contribution in [2.24, 2.45) is 0 Å². The number of aryl methyl sites for hydroxylation is 2. The highest BCUT2D eigenvalue weighted by Gasteiger charge is 2.13. The Morgan fingerprint density at radius 3 is 2.47 bits per heavy atom. The fraction of sp³-hybridized carbons (Fsp3) is 0.273. The van der Waals surface area contributed by atoms with Crippen LogP contribution < -0.4 is 10.6 Å². The van der Waals surface area contributed by atoms with Crippen molar-refractivity contribution in [2.75, 3.05) is 11.6 Å². The molecule has 2 aromatic carbocycles. The van der Waals surface area contributed by atoms with Crippen LogP contribution in [0.3, 0.4) is 0 Å². The molecule has 0 fully saturated rings. The third-order valence-corrected chi connectivity index (χ3v) is 6.14. The number of carbonyl (C=O) groups excluding carboxylic acids is 2. The Morgan fingerprint density at radius 2 is 1.77 bits per heavy atom. The second kappa shape index (κ2) is 10.9. The largest absolute Gasteiger partial charge is 0.352 e. The van der Waals surface area contributed by atoms with Gasteiger partial charge in [-0.2, -0.15) is 0 Å². The molecule has 0 bridgehead atoms. The van der Waals surface area contributed by atoms with Crippen molar-refractivity contribution in [3.63, 3.8) is 0 Å². The lowest BCUT2D eigenvalue weighted by Gasteiger charge is -2.05. The first-order chi connectivity index (χ1) is 14.5. The Balaban J connectivity index is 1.39. The van der Waals surface area contributed by atoms with E-state index in [1.165, 1.54) is 16.2 Å². The third kappa shape index (κ3) is 6.67. The number of benzene rings is 2. The molecule has 156 valence electrons. The molecule has 0 spiro atoms. The molecule has 0 unspecified atom stereocenters. The molecule has 2 N–H and O–H groups in total. The van der Waals surface area contributed by atoms with E-state index in [9.17, 15) is 9.59 Å². The third-order valence-electron chi connectivity index (χ3n) is 4.41. The van der Waals surface area contributed by atoms with Crippen LogP contribution >= 0.6 is 23.1 Å². The summed E-state index contributed by atoms with van der Waals surface area (Å²) in [5.41, 5.74) is 2.93. The Kier molecular flexibility index (Phi) is 7.98. The zero-order valence-electron chi connectivity index (χ0n) is 17.0. The predicted octanol–water partition coefficient (Wildman–Crippen LogP) is 4.46. The second-order valence-electron chi connectivity index (χ2n) is 6.80. The van der Waals surface area contributed by atoms with Crippen molar-refractivity contribution in [1.82, 2.24) is 15.5 Å². The van der Waals surface area contributed by atoms with Crippen LogP contribution in [0.4, 0.5) is 5.69 Å². The summed E-state index contributed by atoms with van der Waals surface area (Å²) < 4.78 is 0. The molecular weight excluding hydrogens is 416 g/mol. The average Bonchev–Trinajstić information content (AvgIpc) is 3.23. The van der Waals surface area contributed by atoms with Crippen LogP contribution in [0.1, 0.15) is 38.8 Å². The van der Waals surface area contributed by atoms with Crippen LogP contribution in [0.2, 0.25) is 0 Å². The number of carbonyl (C=O) groups is 2. The Morgan fingerprint density at radius 1 is 1.03 bits per heavy atom. The van der Waals surface area contributed by atoms with E-state index in [1.807, 2.05) is 61.7 Å².